The molecule has 8 nitrogen and oxygen atoms in total. The molecule has 3 aromatic carbocycles. The predicted octanol–water partition coefficient (Wildman–Crippen LogP) is 5.55. The molecule has 0 spiro atoms. The molecule has 0 fully saturated rings. The second kappa shape index (κ2) is 12.0. The number of aromatic nitrogens is 5. The van der Waals surface area contributed by atoms with Gasteiger partial charge in [0.05, 0.1) is 40.2 Å². The Morgan fingerprint density at radius 3 is 2.05 bits per heavy atom. The van der Waals surface area contributed by atoms with Crippen molar-refractivity contribution in [3.8, 4) is 33.8 Å². The molecule has 0 radical (unpaired) electrons. The Labute approximate surface area is 241 Å². The molecule has 0 aliphatic rings. The van der Waals surface area contributed by atoms with Crippen LogP contribution < -0.4 is 5.32 Å². The fraction of sp³-hybridized carbons (Fsp3) is 0.226. The average molecular weight is 574 g/mol. The van der Waals surface area contributed by atoms with Crippen LogP contribution in [0.1, 0.15) is 23.4 Å². The van der Waals surface area contributed by atoms with Gasteiger partial charge >= 0.3 is 6.18 Å². The topological polar surface area (TPSA) is 80.9 Å². The first-order valence-corrected chi connectivity index (χ1v) is 13.3. The molecular formula is C31H30F3N7O. The van der Waals surface area contributed by atoms with Crippen molar-refractivity contribution >= 4 is 5.91 Å². The number of rotatable bonds is 9. The van der Waals surface area contributed by atoms with Crippen molar-refractivity contribution in [2.75, 3.05) is 21.1 Å². The van der Waals surface area contributed by atoms with Crippen LogP contribution in [0.4, 0.5) is 13.2 Å². The van der Waals surface area contributed by atoms with Crippen LogP contribution in [-0.4, -0.2) is 56.7 Å². The molecule has 0 saturated heterocycles. The number of carbonyl (C=O) groups excluding carboxylic acids is 1. The van der Waals surface area contributed by atoms with Crippen molar-refractivity contribution in [3.05, 3.63) is 102 Å². The molecule has 1 amide bonds. The Morgan fingerprint density at radius 1 is 0.857 bits per heavy atom. The Hall–Kier alpha value is -4.77. The summed E-state index contributed by atoms with van der Waals surface area (Å²) < 4.78 is 42.5. The zero-order chi connectivity index (χ0) is 29.9. The number of alkyl halides is 3. The van der Waals surface area contributed by atoms with Crippen molar-refractivity contribution in [3.63, 3.8) is 0 Å². The summed E-state index contributed by atoms with van der Waals surface area (Å²) in [6, 6.07) is 22.4. The number of halogens is 3. The van der Waals surface area contributed by atoms with Gasteiger partial charge in [-0.25, -0.2) is 9.36 Å². The van der Waals surface area contributed by atoms with E-state index in [0.717, 1.165) is 51.7 Å². The van der Waals surface area contributed by atoms with Gasteiger partial charge in [0.2, 0.25) is 5.91 Å². The number of nitrogens with one attached hydrogen (secondary N) is 1. The first-order chi connectivity index (χ1) is 20.1. The molecule has 5 rings (SSSR count). The van der Waals surface area contributed by atoms with E-state index in [9.17, 15) is 18.0 Å². The lowest BCUT2D eigenvalue weighted by molar-refractivity contribution is -0.137. The molecule has 42 heavy (non-hydrogen) atoms. The first kappa shape index (κ1) is 28.7. The quantitative estimate of drug-likeness (QED) is 0.250. The third kappa shape index (κ3) is 6.58. The Kier molecular flexibility index (Phi) is 8.21. The minimum atomic E-state index is -4.38. The summed E-state index contributed by atoms with van der Waals surface area (Å²) >= 11 is 0. The van der Waals surface area contributed by atoms with Gasteiger partial charge in [0, 0.05) is 32.0 Å². The molecular weight excluding hydrogens is 543 g/mol. The summed E-state index contributed by atoms with van der Waals surface area (Å²) in [6.45, 7) is 0.686. The number of benzene rings is 3. The van der Waals surface area contributed by atoms with Crippen LogP contribution in [-0.2, 0) is 23.9 Å². The van der Waals surface area contributed by atoms with E-state index in [0.29, 0.717) is 24.9 Å². The average Bonchev–Trinajstić information content (AvgIpc) is 3.63. The van der Waals surface area contributed by atoms with Crippen LogP contribution in [0.2, 0.25) is 0 Å². The molecule has 0 aliphatic carbocycles. The monoisotopic (exact) mass is 573 g/mol. The van der Waals surface area contributed by atoms with Gasteiger partial charge in [0.1, 0.15) is 0 Å². The summed E-state index contributed by atoms with van der Waals surface area (Å²) in [7, 11) is 5.55. The molecule has 1 N–H and O–H groups in total. The van der Waals surface area contributed by atoms with E-state index >= 15 is 0 Å². The largest absolute Gasteiger partial charge is 0.416 e. The molecule has 0 saturated carbocycles. The van der Waals surface area contributed by atoms with Crippen LogP contribution in [0.3, 0.4) is 0 Å². The number of amides is 1. The van der Waals surface area contributed by atoms with E-state index < -0.39 is 11.7 Å². The molecule has 2 heterocycles. The number of hydrogen-bond acceptors (Lipinski definition) is 5. The number of carbonyl (C=O) groups is 1. The van der Waals surface area contributed by atoms with Crippen LogP contribution in [0, 0.1) is 0 Å². The van der Waals surface area contributed by atoms with Gasteiger partial charge in [-0.2, -0.15) is 18.3 Å². The highest BCUT2D eigenvalue weighted by Gasteiger charge is 2.30. The third-order valence-electron chi connectivity index (χ3n) is 6.75. The van der Waals surface area contributed by atoms with Gasteiger partial charge in [-0.1, -0.05) is 41.6 Å². The molecule has 0 unspecified atom stereocenters. The van der Waals surface area contributed by atoms with Crippen molar-refractivity contribution < 1.29 is 18.0 Å². The smallest absolute Gasteiger partial charge is 0.359 e. The van der Waals surface area contributed by atoms with E-state index in [-0.39, 0.29) is 5.91 Å². The maximum atomic E-state index is 13.0. The lowest BCUT2D eigenvalue weighted by Crippen LogP contribution is -2.18. The Balaban J connectivity index is 1.44. The fourth-order valence-electron chi connectivity index (χ4n) is 4.57. The highest BCUT2D eigenvalue weighted by atomic mass is 19.4. The van der Waals surface area contributed by atoms with Crippen LogP contribution in [0.25, 0.3) is 33.8 Å². The van der Waals surface area contributed by atoms with Crippen molar-refractivity contribution in [2.24, 2.45) is 0 Å². The summed E-state index contributed by atoms with van der Waals surface area (Å²) in [6.07, 6.45) is -1.71. The molecule has 5 aromatic rings. The Bertz CT molecular complexity index is 1650. The minimum absolute atomic E-state index is 0.0715. The second-order valence-corrected chi connectivity index (χ2v) is 10.2. The molecule has 11 heteroatoms. The molecule has 0 atom stereocenters. The van der Waals surface area contributed by atoms with Crippen molar-refractivity contribution in [1.82, 2.24) is 35.0 Å². The van der Waals surface area contributed by atoms with Gasteiger partial charge in [-0.15, -0.1) is 5.10 Å². The van der Waals surface area contributed by atoms with Crippen LogP contribution >= 0.6 is 0 Å². The molecule has 0 aliphatic heterocycles. The number of hydrogen-bond donors (Lipinski definition) is 1. The first-order valence-electron chi connectivity index (χ1n) is 13.3. The van der Waals surface area contributed by atoms with Crippen molar-refractivity contribution in [1.29, 1.82) is 0 Å². The summed E-state index contributed by atoms with van der Waals surface area (Å²) in [4.78, 5) is 13.9. The third-order valence-corrected chi connectivity index (χ3v) is 6.75. The van der Waals surface area contributed by atoms with Gasteiger partial charge in [0.15, 0.2) is 0 Å². The Morgan fingerprint density at radius 2 is 1.45 bits per heavy atom. The van der Waals surface area contributed by atoms with Gasteiger partial charge in [-0.3, -0.25) is 4.79 Å². The van der Waals surface area contributed by atoms with Gasteiger partial charge in [-0.05, 0) is 67.7 Å². The van der Waals surface area contributed by atoms with E-state index in [4.69, 9.17) is 5.10 Å². The predicted molar refractivity (Wildman–Crippen MR) is 154 cm³/mol. The summed E-state index contributed by atoms with van der Waals surface area (Å²) in [5.41, 5.74) is 5.79. The van der Waals surface area contributed by atoms with Crippen LogP contribution in [0.15, 0.2) is 85.1 Å². The van der Waals surface area contributed by atoms with E-state index in [1.54, 1.807) is 11.7 Å². The minimum Gasteiger partial charge on any atom is -0.359 e. The summed E-state index contributed by atoms with van der Waals surface area (Å²) in [5.74, 6) is -0.0715. The second-order valence-electron chi connectivity index (χ2n) is 10.2. The van der Waals surface area contributed by atoms with E-state index in [2.05, 4.69) is 15.6 Å². The van der Waals surface area contributed by atoms with Gasteiger partial charge < -0.3 is 10.2 Å². The van der Waals surface area contributed by atoms with Gasteiger partial charge in [0.25, 0.3) is 0 Å². The van der Waals surface area contributed by atoms with Crippen molar-refractivity contribution in [2.45, 2.75) is 25.6 Å². The number of aryl methyl sites for hydroxylation is 1. The van der Waals surface area contributed by atoms with E-state index in [1.807, 2.05) is 84.5 Å². The summed E-state index contributed by atoms with van der Waals surface area (Å²) in [5, 5.41) is 15.9. The highest BCUT2D eigenvalue weighted by molar-refractivity contribution is 5.76. The maximum Gasteiger partial charge on any atom is 0.416 e. The lowest BCUT2D eigenvalue weighted by Gasteiger charge is -2.10. The maximum absolute atomic E-state index is 13.0. The fourth-order valence-corrected chi connectivity index (χ4v) is 4.57. The van der Waals surface area contributed by atoms with Crippen LogP contribution in [0.5, 0.6) is 0 Å². The molecule has 216 valence electrons. The van der Waals surface area contributed by atoms with E-state index in [1.165, 1.54) is 12.1 Å². The molecule has 2 aromatic heterocycles. The normalized spacial score (nSPS) is 11.7. The standard InChI is InChI=1S/C31H30F3N7O/c1-35-30(42)17-12-25-18-29(23-6-4-21(5-7-23)22-8-10-24(11-9-22)31(32,33)34)41(37-25)28-15-13-27(14-16-28)40-20-26(36-38-40)19-39(2)3/h4-11,13-16,18,20H,12,17,19H2,1-3H3,(H,35,42). The SMILES string of the molecule is CNC(=O)CCc1cc(-c2ccc(-c3ccc(C(F)(F)F)cc3)cc2)n(-c2ccc(-n3cc(CN(C)C)nn3)cc2)n1. The molecule has 0 bridgehead atoms. The zero-order valence-electron chi connectivity index (χ0n) is 23.4. The number of nitrogens with zero attached hydrogens (tertiary/aromatic N) is 6. The highest BCUT2D eigenvalue weighted by Crippen LogP contribution is 2.32. The zero-order valence-corrected chi connectivity index (χ0v) is 23.4. The lowest BCUT2D eigenvalue weighted by atomic mass is 10.0.